The number of hydrogen-bond acceptors (Lipinski definition) is 5. The second-order valence-corrected chi connectivity index (χ2v) is 7.52. The summed E-state index contributed by atoms with van der Waals surface area (Å²) >= 11 is 0. The molecule has 1 unspecified atom stereocenters. The van der Waals surface area contributed by atoms with E-state index in [1.807, 2.05) is 49.3 Å². The van der Waals surface area contributed by atoms with E-state index in [1.54, 1.807) is 6.07 Å². The normalized spacial score (nSPS) is 14.8. The first-order valence-corrected chi connectivity index (χ1v) is 9.06. The number of nitrogens with zero attached hydrogens (tertiary/aromatic N) is 1. The molecular weight excluding hydrogens is 328 g/mol. The van der Waals surface area contributed by atoms with Crippen molar-refractivity contribution in [2.24, 2.45) is 0 Å². The summed E-state index contributed by atoms with van der Waals surface area (Å²) in [6.45, 7) is 0.386. The molecule has 0 aromatic heterocycles. The third-order valence-electron chi connectivity index (χ3n) is 3.93. The Balaban J connectivity index is 1.76. The molecule has 2 aromatic rings. The highest BCUT2D eigenvalue weighted by atomic mass is 32.2. The largest absolute Gasteiger partial charge is 0.454 e. The molecule has 0 saturated carbocycles. The molecule has 0 fully saturated rings. The minimum absolute atomic E-state index is 0.0602. The first-order valence-electron chi connectivity index (χ1n) is 7.58. The van der Waals surface area contributed by atoms with Gasteiger partial charge < -0.3 is 14.4 Å². The highest BCUT2D eigenvalue weighted by molar-refractivity contribution is 7.89. The van der Waals surface area contributed by atoms with Crippen molar-refractivity contribution in [2.75, 3.05) is 27.4 Å². The van der Waals surface area contributed by atoms with Crippen LogP contribution in [0.4, 0.5) is 0 Å². The van der Waals surface area contributed by atoms with E-state index < -0.39 is 10.0 Å². The fourth-order valence-electron chi connectivity index (χ4n) is 2.59. The average molecular weight is 348 g/mol. The molecule has 0 aliphatic carbocycles. The lowest BCUT2D eigenvalue weighted by atomic mass is 10.1. The Hall–Kier alpha value is -2.09. The Morgan fingerprint density at radius 2 is 1.79 bits per heavy atom. The number of sulfonamides is 1. The lowest BCUT2D eigenvalue weighted by Crippen LogP contribution is -2.34. The lowest BCUT2D eigenvalue weighted by molar-refractivity contribution is 0.174. The number of likely N-dealkylation sites (N-methyl/N-ethyl adjacent to an activating group) is 1. The smallest absolute Gasteiger partial charge is 0.240 e. The zero-order valence-electron chi connectivity index (χ0n) is 13.6. The van der Waals surface area contributed by atoms with Crippen LogP contribution in [0.1, 0.15) is 11.6 Å². The molecule has 0 saturated heterocycles. The second-order valence-electron chi connectivity index (χ2n) is 5.76. The SMILES string of the molecule is CN(C)C(CNS(=O)(=O)c1ccc2c(c1)OCO2)c1ccccc1. The molecule has 1 aliphatic heterocycles. The minimum atomic E-state index is -3.63. The molecule has 6 nitrogen and oxygen atoms in total. The number of fused-ring (bicyclic) bond motifs is 1. The molecule has 1 heterocycles. The quantitative estimate of drug-likeness (QED) is 0.865. The molecule has 7 heteroatoms. The van der Waals surface area contributed by atoms with Crippen LogP contribution >= 0.6 is 0 Å². The van der Waals surface area contributed by atoms with Crippen molar-refractivity contribution in [3.63, 3.8) is 0 Å². The van der Waals surface area contributed by atoms with Crippen molar-refractivity contribution in [1.29, 1.82) is 0 Å². The zero-order chi connectivity index (χ0) is 17.2. The van der Waals surface area contributed by atoms with Gasteiger partial charge in [-0.15, -0.1) is 0 Å². The summed E-state index contributed by atoms with van der Waals surface area (Å²) < 4.78 is 38.3. The molecule has 0 bridgehead atoms. The Morgan fingerprint density at radius 3 is 2.50 bits per heavy atom. The predicted octanol–water partition coefficient (Wildman–Crippen LogP) is 2.00. The summed E-state index contributed by atoms with van der Waals surface area (Å²) in [7, 11) is 0.216. The summed E-state index contributed by atoms with van der Waals surface area (Å²) in [5, 5.41) is 0. The molecule has 0 radical (unpaired) electrons. The third-order valence-corrected chi connectivity index (χ3v) is 5.35. The Bertz CT molecular complexity index is 807. The lowest BCUT2D eigenvalue weighted by Gasteiger charge is -2.25. The second kappa shape index (κ2) is 6.80. The van der Waals surface area contributed by atoms with Crippen molar-refractivity contribution < 1.29 is 17.9 Å². The van der Waals surface area contributed by atoms with Crippen molar-refractivity contribution >= 4 is 10.0 Å². The predicted molar refractivity (Wildman–Crippen MR) is 90.6 cm³/mol. The van der Waals surface area contributed by atoms with Crippen LogP contribution in [0.5, 0.6) is 11.5 Å². The van der Waals surface area contributed by atoms with E-state index in [4.69, 9.17) is 9.47 Å². The maximum absolute atomic E-state index is 12.6. The van der Waals surface area contributed by atoms with Gasteiger partial charge in [-0.25, -0.2) is 13.1 Å². The molecule has 24 heavy (non-hydrogen) atoms. The van der Waals surface area contributed by atoms with Crippen molar-refractivity contribution in [1.82, 2.24) is 9.62 Å². The van der Waals surface area contributed by atoms with Gasteiger partial charge in [0.1, 0.15) is 0 Å². The van der Waals surface area contributed by atoms with Gasteiger partial charge in [-0.05, 0) is 31.8 Å². The number of rotatable bonds is 6. The van der Waals surface area contributed by atoms with E-state index >= 15 is 0 Å². The van der Waals surface area contributed by atoms with Gasteiger partial charge in [-0.1, -0.05) is 30.3 Å². The molecule has 2 aromatic carbocycles. The van der Waals surface area contributed by atoms with Crippen molar-refractivity contribution in [3.8, 4) is 11.5 Å². The Kier molecular flexibility index (Phi) is 4.75. The average Bonchev–Trinajstić information content (AvgIpc) is 3.03. The summed E-state index contributed by atoms with van der Waals surface area (Å²) in [4.78, 5) is 2.15. The molecule has 1 aliphatic rings. The highest BCUT2D eigenvalue weighted by Gasteiger charge is 2.22. The fourth-order valence-corrected chi connectivity index (χ4v) is 3.64. The highest BCUT2D eigenvalue weighted by Crippen LogP contribution is 2.33. The van der Waals surface area contributed by atoms with Gasteiger partial charge in [0.05, 0.1) is 4.90 Å². The van der Waals surface area contributed by atoms with E-state index in [0.29, 0.717) is 11.5 Å². The van der Waals surface area contributed by atoms with Gasteiger partial charge >= 0.3 is 0 Å². The van der Waals surface area contributed by atoms with Crippen LogP contribution in [0.3, 0.4) is 0 Å². The van der Waals surface area contributed by atoms with Crippen LogP contribution in [0.15, 0.2) is 53.4 Å². The van der Waals surface area contributed by atoms with Crippen LogP contribution in [0.25, 0.3) is 0 Å². The molecule has 3 rings (SSSR count). The standard InChI is InChI=1S/C17H20N2O4S/c1-19(2)15(13-6-4-3-5-7-13)11-18-24(20,21)14-8-9-16-17(10-14)23-12-22-16/h3-10,15,18H,11-12H2,1-2H3. The number of hydrogen-bond donors (Lipinski definition) is 1. The Labute approximate surface area is 142 Å². The first kappa shape index (κ1) is 16.8. The maximum atomic E-state index is 12.6. The monoisotopic (exact) mass is 348 g/mol. The van der Waals surface area contributed by atoms with Gasteiger partial charge in [0.2, 0.25) is 16.8 Å². The van der Waals surface area contributed by atoms with Gasteiger partial charge in [0, 0.05) is 18.7 Å². The molecule has 0 spiro atoms. The summed E-state index contributed by atoms with van der Waals surface area (Å²) in [5.41, 5.74) is 1.05. The molecule has 1 atom stereocenters. The van der Waals surface area contributed by atoms with Crippen LogP contribution in [-0.2, 0) is 10.0 Å². The maximum Gasteiger partial charge on any atom is 0.240 e. The third kappa shape index (κ3) is 3.53. The van der Waals surface area contributed by atoms with Gasteiger partial charge in [0.25, 0.3) is 0 Å². The topological polar surface area (TPSA) is 67.9 Å². The van der Waals surface area contributed by atoms with E-state index in [-0.39, 0.29) is 24.3 Å². The molecular formula is C17H20N2O4S. The minimum Gasteiger partial charge on any atom is -0.454 e. The van der Waals surface area contributed by atoms with Gasteiger partial charge in [-0.2, -0.15) is 0 Å². The van der Waals surface area contributed by atoms with Gasteiger partial charge in [0.15, 0.2) is 11.5 Å². The molecule has 0 amide bonds. The van der Waals surface area contributed by atoms with Gasteiger partial charge in [-0.3, -0.25) is 0 Å². The molecule has 1 N–H and O–H groups in total. The fraction of sp³-hybridized carbons (Fsp3) is 0.294. The summed E-state index contributed by atoms with van der Waals surface area (Å²) in [6.07, 6.45) is 0. The van der Waals surface area contributed by atoms with Crippen LogP contribution < -0.4 is 14.2 Å². The number of nitrogens with one attached hydrogen (secondary N) is 1. The van der Waals surface area contributed by atoms with Crippen LogP contribution in [-0.4, -0.2) is 40.8 Å². The van der Waals surface area contributed by atoms with Crippen molar-refractivity contribution in [2.45, 2.75) is 10.9 Å². The van der Waals surface area contributed by atoms with E-state index in [9.17, 15) is 8.42 Å². The van der Waals surface area contributed by atoms with Crippen molar-refractivity contribution in [3.05, 3.63) is 54.1 Å². The van der Waals surface area contributed by atoms with Crippen LogP contribution in [0, 0.1) is 0 Å². The molecule has 128 valence electrons. The Morgan fingerprint density at radius 1 is 1.08 bits per heavy atom. The summed E-state index contributed by atoms with van der Waals surface area (Å²) in [5.74, 6) is 1.01. The van der Waals surface area contributed by atoms with E-state index in [2.05, 4.69) is 4.72 Å². The number of ether oxygens (including phenoxy) is 2. The summed E-state index contributed by atoms with van der Waals surface area (Å²) in [6, 6.07) is 14.3. The first-order chi connectivity index (χ1) is 11.5. The zero-order valence-corrected chi connectivity index (χ0v) is 14.4. The van der Waals surface area contributed by atoms with E-state index in [1.165, 1.54) is 12.1 Å². The van der Waals surface area contributed by atoms with E-state index in [0.717, 1.165) is 5.56 Å². The van der Waals surface area contributed by atoms with Crippen LogP contribution in [0.2, 0.25) is 0 Å². The number of benzene rings is 2.